The Morgan fingerprint density at radius 1 is 1.50 bits per heavy atom. The normalized spacial score (nSPS) is 27.0. The zero-order chi connectivity index (χ0) is 8.81. The van der Waals surface area contributed by atoms with Gasteiger partial charge in [0, 0.05) is 12.6 Å². The SMILES string of the molecule is CCC(N)CCC1CCCCO1. The van der Waals surface area contributed by atoms with Crippen molar-refractivity contribution < 1.29 is 4.74 Å². The van der Waals surface area contributed by atoms with Crippen molar-refractivity contribution >= 4 is 0 Å². The summed E-state index contributed by atoms with van der Waals surface area (Å²) in [7, 11) is 0. The number of hydrogen-bond acceptors (Lipinski definition) is 2. The maximum absolute atomic E-state index is 5.83. The molecule has 72 valence electrons. The Labute approximate surface area is 75.5 Å². The van der Waals surface area contributed by atoms with Crippen molar-refractivity contribution in [1.82, 2.24) is 0 Å². The van der Waals surface area contributed by atoms with Crippen LogP contribution in [-0.4, -0.2) is 18.8 Å². The molecule has 0 bridgehead atoms. The average Bonchev–Trinajstić information content (AvgIpc) is 2.16. The Balaban J connectivity index is 2.05. The summed E-state index contributed by atoms with van der Waals surface area (Å²) in [5, 5.41) is 0. The fourth-order valence-corrected chi connectivity index (χ4v) is 1.64. The summed E-state index contributed by atoms with van der Waals surface area (Å²) in [6.45, 7) is 3.11. The van der Waals surface area contributed by atoms with Crippen molar-refractivity contribution in [3.05, 3.63) is 0 Å². The Hall–Kier alpha value is -0.0800. The summed E-state index contributed by atoms with van der Waals surface area (Å²) in [5.74, 6) is 0. The standard InChI is InChI=1S/C10H21NO/c1-2-9(11)6-7-10-5-3-4-8-12-10/h9-10H,2-8,11H2,1H3. The quantitative estimate of drug-likeness (QED) is 0.702. The second-order valence-corrected chi connectivity index (χ2v) is 3.73. The molecule has 1 aliphatic heterocycles. The van der Waals surface area contributed by atoms with Crippen molar-refractivity contribution in [2.75, 3.05) is 6.61 Å². The number of hydrogen-bond donors (Lipinski definition) is 1. The Morgan fingerprint density at radius 2 is 2.33 bits per heavy atom. The van der Waals surface area contributed by atoms with Crippen LogP contribution in [0.25, 0.3) is 0 Å². The van der Waals surface area contributed by atoms with Crippen LogP contribution in [0, 0.1) is 0 Å². The van der Waals surface area contributed by atoms with Gasteiger partial charge in [-0.1, -0.05) is 6.92 Å². The highest BCUT2D eigenvalue weighted by Gasteiger charge is 2.14. The van der Waals surface area contributed by atoms with Crippen molar-refractivity contribution in [1.29, 1.82) is 0 Å². The van der Waals surface area contributed by atoms with Crippen LogP contribution in [0.3, 0.4) is 0 Å². The first-order valence-electron chi connectivity index (χ1n) is 5.20. The van der Waals surface area contributed by atoms with Gasteiger partial charge in [-0.15, -0.1) is 0 Å². The van der Waals surface area contributed by atoms with Gasteiger partial charge < -0.3 is 10.5 Å². The molecule has 2 heteroatoms. The minimum atomic E-state index is 0.385. The Kier molecular flexibility index (Phi) is 4.62. The summed E-state index contributed by atoms with van der Waals surface area (Å²) >= 11 is 0. The molecule has 2 unspecified atom stereocenters. The predicted octanol–water partition coefficient (Wildman–Crippen LogP) is 2.07. The van der Waals surface area contributed by atoms with Gasteiger partial charge in [0.2, 0.25) is 0 Å². The maximum atomic E-state index is 5.83. The third kappa shape index (κ3) is 3.55. The number of nitrogens with two attached hydrogens (primary N) is 1. The number of ether oxygens (including phenoxy) is 1. The Morgan fingerprint density at radius 3 is 2.92 bits per heavy atom. The van der Waals surface area contributed by atoms with Crippen LogP contribution in [0.2, 0.25) is 0 Å². The molecule has 1 rings (SSSR count). The van der Waals surface area contributed by atoms with Gasteiger partial charge in [-0.05, 0) is 38.5 Å². The van der Waals surface area contributed by atoms with E-state index in [1.807, 2.05) is 0 Å². The van der Waals surface area contributed by atoms with Gasteiger partial charge >= 0.3 is 0 Å². The maximum Gasteiger partial charge on any atom is 0.0575 e. The first-order chi connectivity index (χ1) is 5.83. The van der Waals surface area contributed by atoms with Crippen LogP contribution in [0.1, 0.15) is 45.4 Å². The summed E-state index contributed by atoms with van der Waals surface area (Å²) < 4.78 is 5.62. The van der Waals surface area contributed by atoms with E-state index in [2.05, 4.69) is 6.92 Å². The molecule has 2 N–H and O–H groups in total. The average molecular weight is 171 g/mol. The van der Waals surface area contributed by atoms with E-state index in [0.717, 1.165) is 25.9 Å². The summed E-state index contributed by atoms with van der Waals surface area (Å²) in [6, 6.07) is 0.385. The molecule has 1 heterocycles. The third-order valence-corrected chi connectivity index (χ3v) is 2.66. The topological polar surface area (TPSA) is 35.2 Å². The van der Waals surface area contributed by atoms with Crippen LogP contribution in [0.5, 0.6) is 0 Å². The second-order valence-electron chi connectivity index (χ2n) is 3.73. The third-order valence-electron chi connectivity index (χ3n) is 2.66. The van der Waals surface area contributed by atoms with Crippen molar-refractivity contribution in [2.45, 2.75) is 57.6 Å². The smallest absolute Gasteiger partial charge is 0.0575 e. The minimum absolute atomic E-state index is 0.385. The van der Waals surface area contributed by atoms with E-state index < -0.39 is 0 Å². The first kappa shape index (κ1) is 10.0. The van der Waals surface area contributed by atoms with Gasteiger partial charge in [0.1, 0.15) is 0 Å². The van der Waals surface area contributed by atoms with E-state index in [4.69, 9.17) is 10.5 Å². The van der Waals surface area contributed by atoms with Crippen LogP contribution in [-0.2, 0) is 4.74 Å². The lowest BCUT2D eigenvalue weighted by Gasteiger charge is -2.23. The monoisotopic (exact) mass is 171 g/mol. The summed E-state index contributed by atoms with van der Waals surface area (Å²) in [6.07, 6.45) is 7.72. The van der Waals surface area contributed by atoms with Crippen molar-refractivity contribution in [3.8, 4) is 0 Å². The number of rotatable bonds is 4. The van der Waals surface area contributed by atoms with Gasteiger partial charge in [-0.3, -0.25) is 0 Å². The molecule has 1 fully saturated rings. The Bertz CT molecular complexity index is 110. The lowest BCUT2D eigenvalue weighted by molar-refractivity contribution is 0.00911. The van der Waals surface area contributed by atoms with Gasteiger partial charge in [0.05, 0.1) is 6.10 Å². The molecule has 0 aromatic rings. The van der Waals surface area contributed by atoms with Gasteiger partial charge in [0.15, 0.2) is 0 Å². The molecule has 0 saturated carbocycles. The molecule has 0 aliphatic carbocycles. The fraction of sp³-hybridized carbons (Fsp3) is 1.00. The molecular weight excluding hydrogens is 150 g/mol. The van der Waals surface area contributed by atoms with Gasteiger partial charge in [-0.2, -0.15) is 0 Å². The van der Waals surface area contributed by atoms with E-state index in [1.54, 1.807) is 0 Å². The predicted molar refractivity (Wildman–Crippen MR) is 51.1 cm³/mol. The fourth-order valence-electron chi connectivity index (χ4n) is 1.64. The van der Waals surface area contributed by atoms with Crippen molar-refractivity contribution in [3.63, 3.8) is 0 Å². The summed E-state index contributed by atoms with van der Waals surface area (Å²) in [4.78, 5) is 0. The molecule has 0 amide bonds. The molecular formula is C10H21NO. The molecule has 2 nitrogen and oxygen atoms in total. The van der Waals surface area contributed by atoms with E-state index >= 15 is 0 Å². The van der Waals surface area contributed by atoms with E-state index in [0.29, 0.717) is 12.1 Å². The lowest BCUT2D eigenvalue weighted by atomic mass is 10.0. The molecule has 0 aromatic carbocycles. The van der Waals surface area contributed by atoms with Gasteiger partial charge in [-0.25, -0.2) is 0 Å². The lowest BCUT2D eigenvalue weighted by Crippen LogP contribution is -2.24. The van der Waals surface area contributed by atoms with Crippen molar-refractivity contribution in [2.24, 2.45) is 5.73 Å². The molecule has 0 aromatic heterocycles. The molecule has 2 atom stereocenters. The van der Waals surface area contributed by atoms with Gasteiger partial charge in [0.25, 0.3) is 0 Å². The van der Waals surface area contributed by atoms with Crippen LogP contribution >= 0.6 is 0 Å². The minimum Gasteiger partial charge on any atom is -0.378 e. The van der Waals surface area contributed by atoms with E-state index in [1.165, 1.54) is 19.3 Å². The zero-order valence-electron chi connectivity index (χ0n) is 8.09. The largest absolute Gasteiger partial charge is 0.378 e. The van der Waals surface area contributed by atoms with Crippen LogP contribution in [0.4, 0.5) is 0 Å². The molecule has 1 aliphatic rings. The zero-order valence-corrected chi connectivity index (χ0v) is 8.09. The van der Waals surface area contributed by atoms with Crippen LogP contribution < -0.4 is 5.73 Å². The second kappa shape index (κ2) is 5.55. The highest BCUT2D eigenvalue weighted by Crippen LogP contribution is 2.17. The molecule has 12 heavy (non-hydrogen) atoms. The highest BCUT2D eigenvalue weighted by molar-refractivity contribution is 4.67. The highest BCUT2D eigenvalue weighted by atomic mass is 16.5. The summed E-state index contributed by atoms with van der Waals surface area (Å²) in [5.41, 5.74) is 5.83. The molecule has 0 radical (unpaired) electrons. The van der Waals surface area contributed by atoms with E-state index in [-0.39, 0.29) is 0 Å². The molecule has 1 saturated heterocycles. The van der Waals surface area contributed by atoms with E-state index in [9.17, 15) is 0 Å². The molecule has 0 spiro atoms. The van der Waals surface area contributed by atoms with Crippen LogP contribution in [0.15, 0.2) is 0 Å². The first-order valence-corrected chi connectivity index (χ1v) is 5.20.